The summed E-state index contributed by atoms with van der Waals surface area (Å²) in [5.74, 6) is -0.850. The van der Waals surface area contributed by atoms with Crippen molar-refractivity contribution in [2.24, 2.45) is 5.41 Å². The largest absolute Gasteiger partial charge is 0.481 e. The number of aryl methyl sites for hydroxylation is 1. The van der Waals surface area contributed by atoms with E-state index in [-0.39, 0.29) is 13.1 Å². The maximum atomic E-state index is 11.5. The van der Waals surface area contributed by atoms with Crippen LogP contribution in [0.5, 0.6) is 0 Å². The molecular formula is C12H16N4O3. The quantitative estimate of drug-likeness (QED) is 0.716. The number of carbonyl (C=O) groups is 2. The molecule has 0 spiro atoms. The fraction of sp³-hybridized carbons (Fsp3) is 0.500. The molecule has 0 atom stereocenters. The first-order valence-corrected chi connectivity index (χ1v) is 6.04. The third kappa shape index (κ3) is 3.40. The minimum Gasteiger partial charge on any atom is -0.481 e. The van der Waals surface area contributed by atoms with Crippen molar-refractivity contribution >= 4 is 12.0 Å². The number of carbonyl (C=O) groups excluding carboxylic acids is 1. The Hall–Kier alpha value is -2.18. The number of rotatable bonds is 5. The van der Waals surface area contributed by atoms with Crippen molar-refractivity contribution in [2.45, 2.75) is 26.3 Å². The summed E-state index contributed by atoms with van der Waals surface area (Å²) in [6, 6.07) is -0.394. The van der Waals surface area contributed by atoms with Crippen LogP contribution in [0.2, 0.25) is 0 Å². The fourth-order valence-corrected chi connectivity index (χ4v) is 1.61. The van der Waals surface area contributed by atoms with Gasteiger partial charge >= 0.3 is 12.0 Å². The number of hydrogen-bond donors (Lipinski definition) is 3. The molecule has 1 aliphatic carbocycles. The highest BCUT2D eigenvalue weighted by Crippen LogP contribution is 2.45. The Morgan fingerprint density at radius 3 is 2.58 bits per heavy atom. The molecule has 1 aliphatic rings. The Bertz CT molecular complexity index is 482. The van der Waals surface area contributed by atoms with E-state index in [1.807, 2.05) is 6.92 Å². The van der Waals surface area contributed by atoms with Gasteiger partial charge in [-0.2, -0.15) is 0 Å². The first kappa shape index (κ1) is 13.3. The zero-order valence-corrected chi connectivity index (χ0v) is 10.6. The van der Waals surface area contributed by atoms with Gasteiger partial charge < -0.3 is 15.7 Å². The molecule has 102 valence electrons. The molecule has 0 saturated heterocycles. The van der Waals surface area contributed by atoms with Gasteiger partial charge in [-0.1, -0.05) is 0 Å². The number of nitrogens with zero attached hydrogens (tertiary/aromatic N) is 2. The number of carboxylic acids is 1. The van der Waals surface area contributed by atoms with Gasteiger partial charge in [-0.25, -0.2) is 4.79 Å². The normalized spacial score (nSPS) is 15.6. The number of amides is 2. The van der Waals surface area contributed by atoms with Gasteiger partial charge in [-0.15, -0.1) is 0 Å². The molecule has 0 radical (unpaired) electrons. The SMILES string of the molecule is Cc1cnc(CNC(=O)NCC2(C(=O)O)CC2)cn1. The predicted molar refractivity (Wildman–Crippen MR) is 66.3 cm³/mol. The third-order valence-electron chi connectivity index (χ3n) is 3.16. The second-order valence-corrected chi connectivity index (χ2v) is 4.77. The lowest BCUT2D eigenvalue weighted by atomic mass is 10.1. The topological polar surface area (TPSA) is 104 Å². The molecule has 1 saturated carbocycles. The second kappa shape index (κ2) is 5.21. The predicted octanol–water partition coefficient (Wildman–Crippen LogP) is 0.449. The smallest absolute Gasteiger partial charge is 0.315 e. The number of aromatic nitrogens is 2. The minimum absolute atomic E-state index is 0.160. The number of urea groups is 1. The standard InChI is InChI=1S/C12H16N4O3/c1-8-4-14-9(5-13-8)6-15-11(19)16-7-12(2-3-12)10(17)18/h4-5H,2-3,6-7H2,1H3,(H,17,18)(H2,15,16,19). The molecule has 0 unspecified atom stereocenters. The summed E-state index contributed by atoms with van der Waals surface area (Å²) in [5.41, 5.74) is 0.714. The van der Waals surface area contributed by atoms with Gasteiger partial charge in [0, 0.05) is 12.7 Å². The van der Waals surface area contributed by atoms with Crippen LogP contribution >= 0.6 is 0 Å². The average molecular weight is 264 g/mol. The Balaban J connectivity index is 1.73. The Morgan fingerprint density at radius 1 is 1.32 bits per heavy atom. The summed E-state index contributed by atoms with van der Waals surface area (Å²) in [5, 5.41) is 14.1. The maximum absolute atomic E-state index is 11.5. The van der Waals surface area contributed by atoms with E-state index in [0.717, 1.165) is 5.69 Å². The van der Waals surface area contributed by atoms with E-state index >= 15 is 0 Å². The van der Waals surface area contributed by atoms with Crippen molar-refractivity contribution in [1.29, 1.82) is 0 Å². The number of aliphatic carboxylic acids is 1. The van der Waals surface area contributed by atoms with Crippen LogP contribution in [0.3, 0.4) is 0 Å². The molecule has 0 aromatic carbocycles. The summed E-state index contributed by atoms with van der Waals surface area (Å²) in [4.78, 5) is 30.6. The first-order valence-electron chi connectivity index (χ1n) is 6.04. The van der Waals surface area contributed by atoms with Crippen LogP contribution in [0.15, 0.2) is 12.4 Å². The zero-order valence-electron chi connectivity index (χ0n) is 10.6. The minimum atomic E-state index is -0.850. The van der Waals surface area contributed by atoms with Gasteiger partial charge in [-0.3, -0.25) is 14.8 Å². The van der Waals surface area contributed by atoms with Crippen LogP contribution < -0.4 is 10.6 Å². The molecule has 1 aromatic rings. The van der Waals surface area contributed by atoms with Gasteiger partial charge in [-0.05, 0) is 19.8 Å². The summed E-state index contributed by atoms with van der Waals surface area (Å²) >= 11 is 0. The van der Waals surface area contributed by atoms with Gasteiger partial charge in [0.05, 0.1) is 29.5 Å². The highest BCUT2D eigenvalue weighted by Gasteiger charge is 2.50. The number of carboxylic acid groups (broad SMARTS) is 1. The van der Waals surface area contributed by atoms with Crippen molar-refractivity contribution in [3.63, 3.8) is 0 Å². The molecule has 1 heterocycles. The van der Waals surface area contributed by atoms with Gasteiger partial charge in [0.25, 0.3) is 0 Å². The van der Waals surface area contributed by atoms with Gasteiger partial charge in [0.15, 0.2) is 0 Å². The molecule has 19 heavy (non-hydrogen) atoms. The lowest BCUT2D eigenvalue weighted by molar-refractivity contribution is -0.143. The third-order valence-corrected chi connectivity index (χ3v) is 3.16. The maximum Gasteiger partial charge on any atom is 0.315 e. The summed E-state index contributed by atoms with van der Waals surface area (Å²) in [7, 11) is 0. The Labute approximate surface area is 110 Å². The van der Waals surface area contributed by atoms with E-state index in [1.54, 1.807) is 12.4 Å². The van der Waals surface area contributed by atoms with Crippen molar-refractivity contribution in [3.8, 4) is 0 Å². The highest BCUT2D eigenvalue weighted by molar-refractivity contribution is 5.80. The Morgan fingerprint density at radius 2 is 2.05 bits per heavy atom. The van der Waals surface area contributed by atoms with E-state index in [1.165, 1.54) is 0 Å². The van der Waals surface area contributed by atoms with Crippen LogP contribution in [-0.2, 0) is 11.3 Å². The number of nitrogens with one attached hydrogen (secondary N) is 2. The van der Waals surface area contributed by atoms with Crippen molar-refractivity contribution in [1.82, 2.24) is 20.6 Å². The lowest BCUT2D eigenvalue weighted by Gasteiger charge is -2.11. The molecule has 3 N–H and O–H groups in total. The molecule has 0 aliphatic heterocycles. The van der Waals surface area contributed by atoms with Crippen molar-refractivity contribution in [3.05, 3.63) is 23.8 Å². The van der Waals surface area contributed by atoms with Crippen LogP contribution in [0.4, 0.5) is 4.79 Å². The van der Waals surface area contributed by atoms with Gasteiger partial charge in [0.1, 0.15) is 0 Å². The van der Waals surface area contributed by atoms with Crippen LogP contribution in [-0.4, -0.2) is 33.6 Å². The van der Waals surface area contributed by atoms with Crippen LogP contribution in [0, 0.1) is 12.3 Å². The second-order valence-electron chi connectivity index (χ2n) is 4.77. The zero-order chi connectivity index (χ0) is 13.9. The Kier molecular flexibility index (Phi) is 3.64. The van der Waals surface area contributed by atoms with E-state index in [9.17, 15) is 9.59 Å². The van der Waals surface area contributed by atoms with Crippen molar-refractivity contribution < 1.29 is 14.7 Å². The first-order chi connectivity index (χ1) is 9.02. The summed E-state index contributed by atoms with van der Waals surface area (Å²) in [6.07, 6.45) is 4.45. The monoisotopic (exact) mass is 264 g/mol. The molecule has 2 amide bonds. The molecule has 1 aromatic heterocycles. The van der Waals surface area contributed by atoms with E-state index < -0.39 is 17.4 Å². The van der Waals surface area contributed by atoms with E-state index in [0.29, 0.717) is 18.5 Å². The molecule has 2 rings (SSSR count). The fourth-order valence-electron chi connectivity index (χ4n) is 1.61. The van der Waals surface area contributed by atoms with Crippen molar-refractivity contribution in [2.75, 3.05) is 6.54 Å². The summed E-state index contributed by atoms with van der Waals surface area (Å²) in [6.45, 7) is 2.25. The molecule has 1 fully saturated rings. The molecule has 7 nitrogen and oxygen atoms in total. The molecule has 7 heteroatoms. The van der Waals surface area contributed by atoms with E-state index in [2.05, 4.69) is 20.6 Å². The van der Waals surface area contributed by atoms with Crippen LogP contribution in [0.1, 0.15) is 24.2 Å². The lowest BCUT2D eigenvalue weighted by Crippen LogP contribution is -2.40. The summed E-state index contributed by atoms with van der Waals surface area (Å²) < 4.78 is 0. The number of hydrogen-bond acceptors (Lipinski definition) is 4. The average Bonchev–Trinajstić information content (AvgIpc) is 3.17. The van der Waals surface area contributed by atoms with E-state index in [4.69, 9.17) is 5.11 Å². The van der Waals surface area contributed by atoms with Crippen LogP contribution in [0.25, 0.3) is 0 Å². The molecular weight excluding hydrogens is 248 g/mol. The van der Waals surface area contributed by atoms with Gasteiger partial charge in [0.2, 0.25) is 0 Å². The highest BCUT2D eigenvalue weighted by atomic mass is 16.4. The molecule has 0 bridgehead atoms.